The Kier molecular flexibility index (Phi) is 4.86. The Bertz CT molecular complexity index is 866. The van der Waals surface area contributed by atoms with Crippen LogP contribution in [0.4, 0.5) is 18.9 Å². The molecule has 9 heteroatoms. The zero-order valence-electron chi connectivity index (χ0n) is 13.0. The van der Waals surface area contributed by atoms with E-state index in [1.165, 1.54) is 12.1 Å². The summed E-state index contributed by atoms with van der Waals surface area (Å²) < 4.78 is 41.7. The number of nitrogens with zero attached hydrogens (tertiary/aromatic N) is 1. The fourth-order valence-corrected chi connectivity index (χ4v) is 3.23. The Hall–Kier alpha value is -2.25. The molecule has 0 saturated carbocycles. The van der Waals surface area contributed by atoms with Crippen molar-refractivity contribution in [3.8, 4) is 0 Å². The van der Waals surface area contributed by atoms with Crippen molar-refractivity contribution in [2.24, 2.45) is 5.16 Å². The first kappa shape index (κ1) is 18.5. The molecule has 1 aliphatic heterocycles. The van der Waals surface area contributed by atoms with E-state index in [4.69, 9.17) is 28.0 Å². The molecule has 2 aromatic carbocycles. The van der Waals surface area contributed by atoms with Gasteiger partial charge in [-0.3, -0.25) is 4.79 Å². The molecule has 1 N–H and O–H groups in total. The van der Waals surface area contributed by atoms with Crippen molar-refractivity contribution >= 4 is 41.0 Å². The average Bonchev–Trinajstić information content (AvgIpc) is 3.01. The second kappa shape index (κ2) is 6.81. The number of carbonyl (C=O) groups is 1. The molecule has 1 atom stereocenters. The van der Waals surface area contributed by atoms with Crippen LogP contribution >= 0.6 is 23.2 Å². The zero-order chi connectivity index (χ0) is 18.9. The van der Waals surface area contributed by atoms with Gasteiger partial charge in [0.05, 0.1) is 5.71 Å². The lowest BCUT2D eigenvalue weighted by molar-refractivity contribution is -0.275. The Morgan fingerprint density at radius 3 is 2.46 bits per heavy atom. The maximum atomic E-state index is 13.9. The van der Waals surface area contributed by atoms with E-state index in [1.807, 2.05) is 0 Å². The largest absolute Gasteiger partial charge is 0.435 e. The van der Waals surface area contributed by atoms with Crippen molar-refractivity contribution in [1.29, 1.82) is 0 Å². The number of halogens is 5. The standard InChI is InChI=1S/C17H11Cl2F3N2O2/c18-12-5-11(6-13(19)7-12)16(17(20,21)22)8-15(24-26-16)10-2-1-3-14(4-10)23-9-25/h1-7,9H,8H2,(H,23,25). The molecule has 0 fully saturated rings. The summed E-state index contributed by atoms with van der Waals surface area (Å²) in [5.74, 6) is 0. The van der Waals surface area contributed by atoms with Gasteiger partial charge < -0.3 is 10.2 Å². The number of oxime groups is 1. The van der Waals surface area contributed by atoms with E-state index in [9.17, 15) is 18.0 Å². The van der Waals surface area contributed by atoms with E-state index >= 15 is 0 Å². The minimum Gasteiger partial charge on any atom is -0.374 e. The molecular formula is C17H11Cl2F3N2O2. The predicted octanol–water partition coefficient (Wildman–Crippen LogP) is 5.14. The second-order valence-electron chi connectivity index (χ2n) is 5.63. The third-order valence-electron chi connectivity index (χ3n) is 3.94. The topological polar surface area (TPSA) is 50.7 Å². The highest BCUT2D eigenvalue weighted by molar-refractivity contribution is 6.34. The highest BCUT2D eigenvalue weighted by Gasteiger charge is 2.62. The lowest BCUT2D eigenvalue weighted by atomic mass is 9.86. The second-order valence-corrected chi connectivity index (χ2v) is 6.50. The first-order valence-electron chi connectivity index (χ1n) is 7.34. The molecule has 1 heterocycles. The van der Waals surface area contributed by atoms with Crippen LogP contribution < -0.4 is 5.32 Å². The normalized spacial score (nSPS) is 19.7. The van der Waals surface area contributed by atoms with Gasteiger partial charge in [-0.05, 0) is 30.3 Å². The Labute approximate surface area is 156 Å². The first-order valence-corrected chi connectivity index (χ1v) is 8.10. The summed E-state index contributed by atoms with van der Waals surface area (Å²) in [5.41, 5.74) is -2.01. The number of nitrogens with one attached hydrogen (secondary N) is 1. The SMILES string of the molecule is O=CNc1cccc(C2=NOC(c3cc(Cl)cc(Cl)c3)(C(F)(F)F)C2)c1. The van der Waals surface area contributed by atoms with E-state index < -0.39 is 18.2 Å². The van der Waals surface area contributed by atoms with Gasteiger partial charge in [0.25, 0.3) is 5.60 Å². The predicted molar refractivity (Wildman–Crippen MR) is 92.6 cm³/mol. The van der Waals surface area contributed by atoms with Gasteiger partial charge in [0.2, 0.25) is 6.41 Å². The zero-order valence-corrected chi connectivity index (χ0v) is 14.5. The molecule has 4 nitrogen and oxygen atoms in total. The van der Waals surface area contributed by atoms with Crippen LogP contribution in [-0.2, 0) is 15.2 Å². The number of hydrogen-bond donors (Lipinski definition) is 1. The van der Waals surface area contributed by atoms with E-state index in [0.29, 0.717) is 17.7 Å². The van der Waals surface area contributed by atoms with Gasteiger partial charge in [-0.1, -0.05) is 40.5 Å². The lowest BCUT2D eigenvalue weighted by Gasteiger charge is -2.29. The molecule has 0 bridgehead atoms. The number of anilines is 1. The van der Waals surface area contributed by atoms with Crippen molar-refractivity contribution in [1.82, 2.24) is 0 Å². The summed E-state index contributed by atoms with van der Waals surface area (Å²) in [6.45, 7) is 0. The molecule has 0 spiro atoms. The average molecular weight is 403 g/mol. The van der Waals surface area contributed by atoms with Crippen LogP contribution in [-0.4, -0.2) is 18.3 Å². The number of amides is 1. The summed E-state index contributed by atoms with van der Waals surface area (Å²) in [6, 6.07) is 9.93. The molecule has 0 saturated heterocycles. The van der Waals surface area contributed by atoms with E-state index in [1.54, 1.807) is 18.2 Å². The molecular weight excluding hydrogens is 392 g/mol. The first-order chi connectivity index (χ1) is 12.2. The van der Waals surface area contributed by atoms with Crippen molar-refractivity contribution in [3.63, 3.8) is 0 Å². The fraction of sp³-hybridized carbons (Fsp3) is 0.176. The summed E-state index contributed by atoms with van der Waals surface area (Å²) in [4.78, 5) is 15.5. The van der Waals surface area contributed by atoms with Crippen LogP contribution in [0, 0.1) is 0 Å². The minimum atomic E-state index is -4.76. The molecule has 1 amide bonds. The molecule has 1 unspecified atom stereocenters. The minimum absolute atomic E-state index is 0.0605. The Balaban J connectivity index is 2.01. The summed E-state index contributed by atoms with van der Waals surface area (Å²) in [6.07, 6.45) is -4.84. The van der Waals surface area contributed by atoms with Crippen LogP contribution in [0.2, 0.25) is 10.0 Å². The molecule has 0 aliphatic carbocycles. The van der Waals surface area contributed by atoms with E-state index in [-0.39, 0.29) is 21.3 Å². The Morgan fingerprint density at radius 1 is 1.15 bits per heavy atom. The maximum Gasteiger partial charge on any atom is 0.435 e. The fourth-order valence-electron chi connectivity index (χ4n) is 2.70. The van der Waals surface area contributed by atoms with Crippen molar-refractivity contribution in [2.45, 2.75) is 18.2 Å². The van der Waals surface area contributed by atoms with Crippen molar-refractivity contribution < 1.29 is 22.8 Å². The van der Waals surface area contributed by atoms with Crippen LogP contribution in [0.1, 0.15) is 17.5 Å². The highest BCUT2D eigenvalue weighted by atomic mass is 35.5. The van der Waals surface area contributed by atoms with Gasteiger partial charge in [-0.15, -0.1) is 0 Å². The molecule has 0 aromatic heterocycles. The number of rotatable bonds is 4. The molecule has 2 aromatic rings. The van der Waals surface area contributed by atoms with Crippen molar-refractivity contribution in [3.05, 3.63) is 63.6 Å². The highest BCUT2D eigenvalue weighted by Crippen LogP contribution is 2.49. The van der Waals surface area contributed by atoms with E-state index in [0.717, 1.165) is 12.1 Å². The smallest absolute Gasteiger partial charge is 0.374 e. The number of carbonyl (C=O) groups excluding carboxylic acids is 1. The molecule has 1 aliphatic rings. The number of hydrogen-bond acceptors (Lipinski definition) is 3. The van der Waals surface area contributed by atoms with Gasteiger partial charge in [-0.2, -0.15) is 13.2 Å². The van der Waals surface area contributed by atoms with Crippen LogP contribution in [0.25, 0.3) is 0 Å². The molecule has 136 valence electrons. The number of benzene rings is 2. The third-order valence-corrected chi connectivity index (χ3v) is 4.37. The van der Waals surface area contributed by atoms with Gasteiger partial charge in [0.15, 0.2) is 0 Å². The van der Waals surface area contributed by atoms with Crippen molar-refractivity contribution in [2.75, 3.05) is 5.32 Å². The Morgan fingerprint density at radius 2 is 1.85 bits per heavy atom. The molecule has 3 rings (SSSR count). The third kappa shape index (κ3) is 3.37. The lowest BCUT2D eigenvalue weighted by Crippen LogP contribution is -2.42. The van der Waals surface area contributed by atoms with Gasteiger partial charge in [0, 0.05) is 33.3 Å². The van der Waals surface area contributed by atoms with Crippen LogP contribution in [0.5, 0.6) is 0 Å². The van der Waals surface area contributed by atoms with Gasteiger partial charge in [0.1, 0.15) is 0 Å². The monoisotopic (exact) mass is 402 g/mol. The molecule has 0 radical (unpaired) electrons. The summed E-state index contributed by atoms with van der Waals surface area (Å²) in [7, 11) is 0. The van der Waals surface area contributed by atoms with Crippen LogP contribution in [0.3, 0.4) is 0 Å². The maximum absolute atomic E-state index is 13.9. The van der Waals surface area contributed by atoms with E-state index in [2.05, 4.69) is 10.5 Å². The number of alkyl halides is 3. The van der Waals surface area contributed by atoms with Gasteiger partial charge in [-0.25, -0.2) is 0 Å². The van der Waals surface area contributed by atoms with Crippen LogP contribution in [0.15, 0.2) is 47.6 Å². The van der Waals surface area contributed by atoms with Gasteiger partial charge >= 0.3 is 6.18 Å². The molecule has 26 heavy (non-hydrogen) atoms. The summed E-state index contributed by atoms with van der Waals surface area (Å²) in [5, 5.41) is 6.21. The quantitative estimate of drug-likeness (QED) is 0.719. The summed E-state index contributed by atoms with van der Waals surface area (Å²) >= 11 is 11.7.